The lowest BCUT2D eigenvalue weighted by atomic mass is 9.89. The number of alkyl carbamates (subject to hydrolysis) is 2. The van der Waals surface area contributed by atoms with Crippen molar-refractivity contribution in [2.45, 2.75) is 84.0 Å². The van der Waals surface area contributed by atoms with Gasteiger partial charge in [-0.15, -0.1) is 0 Å². The number of aliphatic hydroxyl groups excluding tert-OH is 1. The van der Waals surface area contributed by atoms with E-state index >= 15 is 0 Å². The second-order valence-corrected chi connectivity index (χ2v) is 14.8. The first-order valence-electron chi connectivity index (χ1n) is 19.4. The minimum absolute atomic E-state index is 0.0851. The van der Waals surface area contributed by atoms with Gasteiger partial charge in [0.2, 0.25) is 11.8 Å². The Hall–Kier alpha value is -6.34. The number of hydrogen-bond acceptors (Lipinski definition) is 9. The van der Waals surface area contributed by atoms with Crippen molar-refractivity contribution in [1.29, 1.82) is 0 Å². The molecule has 304 valence electrons. The number of nitrogens with zero attached hydrogens (tertiary/aromatic N) is 2. The van der Waals surface area contributed by atoms with Gasteiger partial charge >= 0.3 is 12.2 Å². The van der Waals surface area contributed by atoms with Crippen LogP contribution < -0.4 is 21.3 Å². The fourth-order valence-corrected chi connectivity index (χ4v) is 6.57. The quantitative estimate of drug-likeness (QED) is 0.0750. The van der Waals surface area contributed by atoms with Gasteiger partial charge in [0.05, 0.1) is 29.6 Å². The molecule has 0 spiro atoms. The van der Waals surface area contributed by atoms with Crippen molar-refractivity contribution in [2.75, 3.05) is 0 Å². The predicted octanol–water partition coefficient (Wildman–Crippen LogP) is 5.65. The van der Waals surface area contributed by atoms with Gasteiger partial charge in [-0.3, -0.25) is 19.6 Å². The molecule has 5 aromatic rings. The lowest BCUT2D eigenvalue weighted by Gasteiger charge is -2.34. The van der Waals surface area contributed by atoms with E-state index in [1.807, 2.05) is 72.8 Å². The molecule has 0 saturated carbocycles. The van der Waals surface area contributed by atoms with Crippen LogP contribution in [0.1, 0.15) is 50.2 Å². The number of pyridine rings is 2. The molecule has 3 aromatic carbocycles. The first-order chi connectivity index (χ1) is 28.0. The number of nitrogens with one attached hydrogen (secondary N) is 4. The Morgan fingerprint density at radius 2 is 1.05 bits per heavy atom. The molecule has 2 aromatic heterocycles. The number of fused-ring (bicyclic) bond motifs is 1. The van der Waals surface area contributed by atoms with E-state index in [0.717, 1.165) is 21.9 Å². The number of rotatable bonds is 18. The van der Waals surface area contributed by atoms with Crippen LogP contribution >= 0.6 is 0 Å². The second kappa shape index (κ2) is 21.3. The molecule has 5 rings (SSSR count). The third-order valence-electron chi connectivity index (χ3n) is 9.70. The number of amides is 4. The Morgan fingerprint density at radius 3 is 1.57 bits per heavy atom. The van der Waals surface area contributed by atoms with Gasteiger partial charge in [-0.25, -0.2) is 9.59 Å². The largest absolute Gasteiger partial charge is 0.443 e. The maximum atomic E-state index is 14.2. The average molecular weight is 789 g/mol. The highest BCUT2D eigenvalue weighted by Crippen LogP contribution is 2.22. The zero-order valence-electron chi connectivity index (χ0n) is 33.2. The van der Waals surface area contributed by atoms with Gasteiger partial charge in [0.1, 0.15) is 25.3 Å². The molecule has 2 heterocycles. The van der Waals surface area contributed by atoms with Gasteiger partial charge in [0.15, 0.2) is 0 Å². The van der Waals surface area contributed by atoms with Crippen molar-refractivity contribution < 1.29 is 33.8 Å². The zero-order valence-corrected chi connectivity index (χ0v) is 33.2. The van der Waals surface area contributed by atoms with E-state index in [4.69, 9.17) is 9.47 Å². The highest BCUT2D eigenvalue weighted by molar-refractivity contribution is 5.88. The van der Waals surface area contributed by atoms with Crippen molar-refractivity contribution >= 4 is 34.8 Å². The molecule has 0 bridgehead atoms. The van der Waals surface area contributed by atoms with Crippen LogP contribution in [0.15, 0.2) is 122 Å². The molecule has 13 nitrogen and oxygen atoms in total. The molecular weight excluding hydrogens is 737 g/mol. The van der Waals surface area contributed by atoms with Gasteiger partial charge < -0.3 is 35.8 Å². The van der Waals surface area contributed by atoms with Gasteiger partial charge in [-0.2, -0.15) is 0 Å². The zero-order chi connectivity index (χ0) is 41.4. The number of aromatic nitrogens is 2. The summed E-state index contributed by atoms with van der Waals surface area (Å²) >= 11 is 0. The first-order valence-corrected chi connectivity index (χ1v) is 19.4. The molecular formula is C45H52N6O7. The molecule has 5 N–H and O–H groups in total. The maximum Gasteiger partial charge on any atom is 0.408 e. The van der Waals surface area contributed by atoms with Crippen LogP contribution in [-0.2, 0) is 45.1 Å². The van der Waals surface area contributed by atoms with E-state index in [2.05, 4.69) is 31.2 Å². The topological polar surface area (TPSA) is 181 Å². The van der Waals surface area contributed by atoms with Gasteiger partial charge in [0.25, 0.3) is 0 Å². The van der Waals surface area contributed by atoms with Crippen LogP contribution in [0.2, 0.25) is 0 Å². The fraction of sp³-hybridized carbons (Fsp3) is 0.333. The molecule has 0 radical (unpaired) electrons. The summed E-state index contributed by atoms with van der Waals surface area (Å²) in [4.78, 5) is 62.5. The standard InChI is InChI=1S/C45H52N6O7/c1-29(2)39(50-44(55)57-27-34-20-10-12-23-46-34)42(53)48-37(25-31-15-6-5-7-16-31)41(52)38(26-33-19-14-18-32-17-8-9-22-36(32)33)49-43(54)40(30(3)4)51-45(56)58-28-35-21-11-13-24-47-35/h5-24,29-30,37-41,52H,25-28H2,1-4H3,(H,48,53)(H,49,54)(H,50,55)(H,51,56)/t37-,38-,39+,40+,41+/m1/s1. The Balaban J connectivity index is 1.40. The summed E-state index contributed by atoms with van der Waals surface area (Å²) in [5.74, 6) is -1.82. The molecule has 0 unspecified atom stereocenters. The number of aliphatic hydroxyl groups is 1. The summed E-state index contributed by atoms with van der Waals surface area (Å²) in [5.41, 5.74) is 2.77. The lowest BCUT2D eigenvalue weighted by molar-refractivity contribution is -0.126. The molecule has 0 aliphatic heterocycles. The van der Waals surface area contributed by atoms with Crippen molar-refractivity contribution in [3.8, 4) is 0 Å². The van der Waals surface area contributed by atoms with Crippen molar-refractivity contribution in [2.24, 2.45) is 11.8 Å². The van der Waals surface area contributed by atoms with Crippen LogP contribution in [0, 0.1) is 11.8 Å². The van der Waals surface area contributed by atoms with E-state index in [1.165, 1.54) is 0 Å². The molecule has 0 saturated heterocycles. The molecule has 58 heavy (non-hydrogen) atoms. The maximum absolute atomic E-state index is 14.2. The van der Waals surface area contributed by atoms with Crippen LogP contribution in [0.25, 0.3) is 10.8 Å². The summed E-state index contributed by atoms with van der Waals surface area (Å²) in [6.07, 6.45) is 0.589. The summed E-state index contributed by atoms with van der Waals surface area (Å²) in [6, 6.07) is 29.5. The van der Waals surface area contributed by atoms with Crippen molar-refractivity contribution in [3.63, 3.8) is 0 Å². The Bertz CT molecular complexity index is 2080. The SMILES string of the molecule is CC(C)[C@H](NC(=O)OCc1ccccn1)C(=O)N[C@H](Cc1ccccc1)[C@H](O)[C@@H](Cc1cccc2ccccc12)NC(=O)[C@@H](NC(=O)OCc1ccccn1)C(C)C. The Kier molecular flexibility index (Phi) is 15.7. The summed E-state index contributed by atoms with van der Waals surface area (Å²) in [6.45, 7) is 6.98. The fourth-order valence-electron chi connectivity index (χ4n) is 6.57. The van der Waals surface area contributed by atoms with Crippen LogP contribution in [0.3, 0.4) is 0 Å². The van der Waals surface area contributed by atoms with Gasteiger partial charge in [0, 0.05) is 12.4 Å². The summed E-state index contributed by atoms with van der Waals surface area (Å²) < 4.78 is 10.7. The van der Waals surface area contributed by atoms with E-state index < -0.39 is 54.3 Å². The number of ether oxygens (including phenoxy) is 2. The third-order valence-corrected chi connectivity index (χ3v) is 9.70. The molecule has 0 aliphatic rings. The molecule has 5 atom stereocenters. The van der Waals surface area contributed by atoms with E-state index in [0.29, 0.717) is 11.4 Å². The van der Waals surface area contributed by atoms with Crippen molar-refractivity contribution in [3.05, 3.63) is 144 Å². The number of carbonyl (C=O) groups excluding carboxylic acids is 4. The van der Waals surface area contributed by atoms with Gasteiger partial charge in [-0.05, 0) is 70.8 Å². The van der Waals surface area contributed by atoms with Crippen LogP contribution in [-0.4, -0.2) is 69.3 Å². The van der Waals surface area contributed by atoms with Crippen molar-refractivity contribution in [1.82, 2.24) is 31.2 Å². The monoisotopic (exact) mass is 788 g/mol. The van der Waals surface area contributed by atoms with E-state index in [1.54, 1.807) is 76.5 Å². The highest BCUT2D eigenvalue weighted by Gasteiger charge is 2.36. The number of hydrogen-bond donors (Lipinski definition) is 5. The van der Waals surface area contributed by atoms with Gasteiger partial charge in [-0.1, -0.05) is 113 Å². The summed E-state index contributed by atoms with van der Waals surface area (Å²) in [5, 5.41) is 25.7. The molecule has 0 fully saturated rings. The Labute approximate surface area is 339 Å². The van der Waals surface area contributed by atoms with Crippen LogP contribution in [0.4, 0.5) is 9.59 Å². The molecule has 13 heteroatoms. The van der Waals surface area contributed by atoms with E-state index in [9.17, 15) is 24.3 Å². The third kappa shape index (κ3) is 12.6. The molecule has 4 amide bonds. The minimum Gasteiger partial charge on any atom is -0.443 e. The smallest absolute Gasteiger partial charge is 0.408 e. The van der Waals surface area contributed by atoms with Crippen LogP contribution in [0.5, 0.6) is 0 Å². The normalized spacial score (nSPS) is 13.8. The lowest BCUT2D eigenvalue weighted by Crippen LogP contribution is -2.61. The minimum atomic E-state index is -1.36. The molecule has 0 aliphatic carbocycles. The first kappa shape index (κ1) is 42.8. The second-order valence-electron chi connectivity index (χ2n) is 14.8. The Morgan fingerprint density at radius 1 is 0.569 bits per heavy atom. The van der Waals surface area contributed by atoms with E-state index in [-0.39, 0.29) is 37.9 Å². The number of carbonyl (C=O) groups is 4. The average Bonchev–Trinajstić information content (AvgIpc) is 3.23. The number of benzene rings is 3. The highest BCUT2D eigenvalue weighted by atomic mass is 16.6. The predicted molar refractivity (Wildman–Crippen MR) is 220 cm³/mol. The summed E-state index contributed by atoms with van der Waals surface area (Å²) in [7, 11) is 0.